The van der Waals surface area contributed by atoms with Gasteiger partial charge in [0.1, 0.15) is 5.75 Å². The van der Waals surface area contributed by atoms with Crippen molar-refractivity contribution in [2.75, 3.05) is 26.7 Å². The lowest BCUT2D eigenvalue weighted by Gasteiger charge is -2.51. The number of hydrogen-bond acceptors (Lipinski definition) is 2. The zero-order valence-electron chi connectivity index (χ0n) is 13.9. The molecule has 0 unspecified atom stereocenters. The molecule has 3 fully saturated rings. The molecule has 0 bridgehead atoms. The third-order valence-electron chi connectivity index (χ3n) is 6.42. The second-order valence-electron chi connectivity index (χ2n) is 7.78. The molecule has 4 rings (SSSR count). The summed E-state index contributed by atoms with van der Waals surface area (Å²) in [7, 11) is 1.79. The van der Waals surface area contributed by atoms with Crippen LogP contribution in [0.15, 0.2) is 24.3 Å². The topological polar surface area (TPSA) is 12.5 Å². The number of ether oxygens (including phenoxy) is 1. The molecule has 1 aromatic rings. The van der Waals surface area contributed by atoms with Gasteiger partial charge in [-0.2, -0.15) is 0 Å². The van der Waals surface area contributed by atoms with Gasteiger partial charge in [0.05, 0.1) is 7.11 Å². The Bertz CT molecular complexity index is 524. The number of piperidine rings is 1. The highest BCUT2D eigenvalue weighted by Crippen LogP contribution is 2.50. The number of hydrogen-bond donors (Lipinski definition) is 0. The number of likely N-dealkylation sites (tertiary alicyclic amines) is 1. The molecule has 2 atom stereocenters. The van der Waals surface area contributed by atoms with E-state index in [1.54, 1.807) is 12.7 Å². The van der Waals surface area contributed by atoms with Crippen molar-refractivity contribution in [1.82, 2.24) is 4.90 Å². The maximum atomic E-state index is 5.49. The van der Waals surface area contributed by atoms with Gasteiger partial charge in [0.15, 0.2) is 0 Å². The molecule has 120 valence electrons. The van der Waals surface area contributed by atoms with Crippen LogP contribution in [0.1, 0.15) is 50.5 Å². The van der Waals surface area contributed by atoms with Gasteiger partial charge in [-0.1, -0.05) is 25.0 Å². The van der Waals surface area contributed by atoms with Crippen LogP contribution in [0.3, 0.4) is 0 Å². The van der Waals surface area contributed by atoms with E-state index in [-0.39, 0.29) is 0 Å². The van der Waals surface area contributed by atoms with Crippen LogP contribution in [-0.2, 0) is 5.41 Å². The molecule has 0 amide bonds. The zero-order chi connectivity index (χ0) is 15.0. The molecule has 2 nitrogen and oxygen atoms in total. The first kappa shape index (κ1) is 14.6. The average molecular weight is 299 g/mol. The van der Waals surface area contributed by atoms with Crippen LogP contribution in [0, 0.1) is 11.8 Å². The summed E-state index contributed by atoms with van der Waals surface area (Å²) in [5.74, 6) is 2.89. The molecule has 1 saturated heterocycles. The van der Waals surface area contributed by atoms with Crippen LogP contribution in [-0.4, -0.2) is 31.6 Å². The minimum atomic E-state index is 0.423. The summed E-state index contributed by atoms with van der Waals surface area (Å²) in [6.45, 7) is 3.99. The second kappa shape index (κ2) is 5.88. The van der Waals surface area contributed by atoms with Crippen LogP contribution in [0.2, 0.25) is 0 Å². The van der Waals surface area contributed by atoms with E-state index in [9.17, 15) is 0 Å². The third kappa shape index (κ3) is 2.67. The molecule has 22 heavy (non-hydrogen) atoms. The molecule has 0 N–H and O–H groups in total. The first-order chi connectivity index (χ1) is 10.8. The smallest absolute Gasteiger partial charge is 0.119 e. The van der Waals surface area contributed by atoms with E-state index >= 15 is 0 Å². The van der Waals surface area contributed by atoms with Gasteiger partial charge in [0.25, 0.3) is 0 Å². The molecule has 1 aliphatic heterocycles. The predicted molar refractivity (Wildman–Crippen MR) is 90.4 cm³/mol. The van der Waals surface area contributed by atoms with E-state index in [0.29, 0.717) is 5.41 Å². The lowest BCUT2D eigenvalue weighted by Crippen LogP contribution is -2.51. The Labute approximate surface area is 134 Å². The van der Waals surface area contributed by atoms with Crippen molar-refractivity contribution >= 4 is 0 Å². The fraction of sp³-hybridized carbons (Fsp3) is 0.700. The van der Waals surface area contributed by atoms with Crippen molar-refractivity contribution in [2.45, 2.75) is 50.4 Å². The maximum Gasteiger partial charge on any atom is 0.119 e. The molecular weight excluding hydrogens is 270 g/mol. The number of fused-ring (bicyclic) bond motifs is 1. The predicted octanol–water partition coefficient (Wildman–Crippen LogP) is 4.24. The Morgan fingerprint density at radius 1 is 1.18 bits per heavy atom. The molecule has 3 aliphatic rings. The fourth-order valence-corrected chi connectivity index (χ4v) is 4.96. The lowest BCUT2D eigenvalue weighted by molar-refractivity contribution is 0.0537. The van der Waals surface area contributed by atoms with Gasteiger partial charge in [-0.05, 0) is 68.2 Å². The highest BCUT2D eigenvalue weighted by Gasteiger charge is 2.45. The van der Waals surface area contributed by atoms with E-state index in [0.717, 1.165) is 17.6 Å². The fourth-order valence-electron chi connectivity index (χ4n) is 4.96. The summed E-state index contributed by atoms with van der Waals surface area (Å²) in [6.07, 6.45) is 9.91. The van der Waals surface area contributed by atoms with Crippen LogP contribution in [0.4, 0.5) is 0 Å². The molecule has 1 heterocycles. The first-order valence-corrected chi connectivity index (χ1v) is 9.17. The van der Waals surface area contributed by atoms with Crippen LogP contribution in [0.5, 0.6) is 5.75 Å². The number of benzene rings is 1. The van der Waals surface area contributed by atoms with Crippen molar-refractivity contribution in [3.8, 4) is 5.75 Å². The van der Waals surface area contributed by atoms with Crippen LogP contribution >= 0.6 is 0 Å². The Kier molecular flexibility index (Phi) is 3.89. The van der Waals surface area contributed by atoms with Crippen molar-refractivity contribution in [3.63, 3.8) is 0 Å². The maximum absolute atomic E-state index is 5.49. The largest absolute Gasteiger partial charge is 0.497 e. The lowest BCUT2D eigenvalue weighted by atomic mass is 9.59. The van der Waals surface area contributed by atoms with Gasteiger partial charge in [0.2, 0.25) is 0 Å². The number of rotatable bonds is 4. The van der Waals surface area contributed by atoms with E-state index in [2.05, 4.69) is 29.2 Å². The summed E-state index contributed by atoms with van der Waals surface area (Å²) >= 11 is 0. The van der Waals surface area contributed by atoms with Gasteiger partial charge >= 0.3 is 0 Å². The van der Waals surface area contributed by atoms with Crippen molar-refractivity contribution < 1.29 is 4.74 Å². The Balaban J connectivity index is 1.59. The SMILES string of the molecule is COc1cccc([C@]23CCCC[C@@H]2CN(CC2CC2)CC3)c1. The van der Waals surface area contributed by atoms with Gasteiger partial charge in [-0.25, -0.2) is 0 Å². The molecule has 0 radical (unpaired) electrons. The number of methoxy groups -OCH3 is 1. The summed E-state index contributed by atoms with van der Waals surface area (Å²) in [6, 6.07) is 8.94. The monoisotopic (exact) mass is 299 g/mol. The van der Waals surface area contributed by atoms with Gasteiger partial charge in [-0.15, -0.1) is 0 Å². The second-order valence-corrected chi connectivity index (χ2v) is 7.78. The number of nitrogens with zero attached hydrogens (tertiary/aromatic N) is 1. The van der Waals surface area contributed by atoms with E-state index in [4.69, 9.17) is 4.74 Å². The summed E-state index contributed by atoms with van der Waals surface area (Å²) < 4.78 is 5.49. The Morgan fingerprint density at radius 2 is 2.09 bits per heavy atom. The molecule has 0 aromatic heterocycles. The Hall–Kier alpha value is -1.02. The van der Waals surface area contributed by atoms with E-state index < -0.39 is 0 Å². The Morgan fingerprint density at radius 3 is 2.91 bits per heavy atom. The molecular formula is C20H29NO. The molecule has 0 spiro atoms. The molecule has 2 saturated carbocycles. The van der Waals surface area contributed by atoms with E-state index in [1.165, 1.54) is 64.6 Å². The van der Waals surface area contributed by atoms with E-state index in [1.807, 2.05) is 0 Å². The van der Waals surface area contributed by atoms with Crippen molar-refractivity contribution in [1.29, 1.82) is 0 Å². The third-order valence-corrected chi connectivity index (χ3v) is 6.42. The zero-order valence-corrected chi connectivity index (χ0v) is 13.9. The highest BCUT2D eigenvalue weighted by molar-refractivity contribution is 5.35. The van der Waals surface area contributed by atoms with Gasteiger partial charge in [0, 0.05) is 18.5 Å². The minimum absolute atomic E-state index is 0.423. The normalized spacial score (nSPS) is 32.5. The summed E-state index contributed by atoms with van der Waals surface area (Å²) in [5.41, 5.74) is 1.97. The molecule has 2 heteroatoms. The average Bonchev–Trinajstić information content (AvgIpc) is 3.39. The molecule has 1 aromatic carbocycles. The summed E-state index contributed by atoms with van der Waals surface area (Å²) in [5, 5.41) is 0. The minimum Gasteiger partial charge on any atom is -0.497 e. The first-order valence-electron chi connectivity index (χ1n) is 9.17. The van der Waals surface area contributed by atoms with Crippen LogP contribution in [0.25, 0.3) is 0 Å². The quantitative estimate of drug-likeness (QED) is 0.824. The molecule has 2 aliphatic carbocycles. The summed E-state index contributed by atoms with van der Waals surface area (Å²) in [4.78, 5) is 2.77. The van der Waals surface area contributed by atoms with Gasteiger partial charge < -0.3 is 9.64 Å². The van der Waals surface area contributed by atoms with Gasteiger partial charge in [-0.3, -0.25) is 0 Å². The standard InChI is InChI=1S/C20H29NO/c1-22-19-7-4-6-17(13-19)20-10-3-2-5-18(20)15-21(12-11-20)14-16-8-9-16/h4,6-7,13,16,18H,2-3,5,8-12,14-15H2,1H3/t18-,20-/m1/s1. The van der Waals surface area contributed by atoms with Crippen molar-refractivity contribution in [3.05, 3.63) is 29.8 Å². The highest BCUT2D eigenvalue weighted by atomic mass is 16.5. The van der Waals surface area contributed by atoms with Crippen molar-refractivity contribution in [2.24, 2.45) is 11.8 Å². The van der Waals surface area contributed by atoms with Crippen LogP contribution < -0.4 is 4.74 Å².